The lowest BCUT2D eigenvalue weighted by Gasteiger charge is -2.29. The molecule has 144 valence electrons. The Bertz CT molecular complexity index is 453. The third kappa shape index (κ3) is 7.01. The molecule has 0 amide bonds. The molecule has 0 bridgehead atoms. The third-order valence-corrected chi connectivity index (χ3v) is 5.35. The molecule has 0 aromatic heterocycles. The van der Waals surface area contributed by atoms with E-state index in [9.17, 15) is 0 Å². The maximum absolute atomic E-state index is 6.19. The fraction of sp³-hybridized carbons (Fsp3) is 0.739. The number of rotatable bonds is 11. The topological polar surface area (TPSA) is 18.5 Å². The van der Waals surface area contributed by atoms with Crippen LogP contribution in [0, 0.1) is 23.7 Å². The Morgan fingerprint density at radius 3 is 1.76 bits per heavy atom. The van der Waals surface area contributed by atoms with Gasteiger partial charge in [0.1, 0.15) is 5.75 Å². The van der Waals surface area contributed by atoms with Crippen molar-refractivity contribution in [3.05, 3.63) is 29.8 Å². The molecule has 0 N–H and O–H groups in total. The van der Waals surface area contributed by atoms with Gasteiger partial charge in [0.25, 0.3) is 0 Å². The van der Waals surface area contributed by atoms with Crippen LogP contribution < -0.4 is 4.74 Å². The van der Waals surface area contributed by atoms with E-state index in [0.717, 1.165) is 12.2 Å². The molecule has 2 nitrogen and oxygen atoms in total. The van der Waals surface area contributed by atoms with Crippen LogP contribution in [0.15, 0.2) is 24.3 Å². The van der Waals surface area contributed by atoms with E-state index in [1.54, 1.807) is 0 Å². The van der Waals surface area contributed by atoms with Gasteiger partial charge in [-0.25, -0.2) is 0 Å². The highest BCUT2D eigenvalue weighted by atomic mass is 16.7. The van der Waals surface area contributed by atoms with E-state index in [1.807, 2.05) is 6.92 Å². The Balaban J connectivity index is 2.81. The summed E-state index contributed by atoms with van der Waals surface area (Å²) >= 11 is 0. The van der Waals surface area contributed by atoms with Crippen molar-refractivity contribution in [2.45, 2.75) is 80.4 Å². The molecular weight excluding hydrogens is 308 g/mol. The van der Waals surface area contributed by atoms with Crippen molar-refractivity contribution in [1.82, 2.24) is 0 Å². The smallest absolute Gasteiger partial charge is 0.200 e. The largest absolute Gasteiger partial charge is 0.465 e. The number of hydrogen-bond donors (Lipinski definition) is 0. The summed E-state index contributed by atoms with van der Waals surface area (Å²) in [5, 5.41) is 0. The maximum atomic E-state index is 6.19. The lowest BCUT2D eigenvalue weighted by molar-refractivity contribution is -0.0948. The summed E-state index contributed by atoms with van der Waals surface area (Å²) in [5.41, 5.74) is 1.40. The van der Waals surface area contributed by atoms with Gasteiger partial charge < -0.3 is 9.47 Å². The Labute approximate surface area is 156 Å². The van der Waals surface area contributed by atoms with Gasteiger partial charge in [0, 0.05) is 13.0 Å². The summed E-state index contributed by atoms with van der Waals surface area (Å²) in [6.07, 6.45) is 1.94. The van der Waals surface area contributed by atoms with Gasteiger partial charge in [-0.3, -0.25) is 0 Å². The highest BCUT2D eigenvalue weighted by molar-refractivity contribution is 5.29. The minimum Gasteiger partial charge on any atom is -0.465 e. The Kier molecular flexibility index (Phi) is 9.56. The zero-order chi connectivity index (χ0) is 19.0. The number of hydrogen-bond acceptors (Lipinski definition) is 2. The van der Waals surface area contributed by atoms with Crippen molar-refractivity contribution in [3.8, 4) is 5.75 Å². The molecule has 0 spiro atoms. The monoisotopic (exact) mass is 348 g/mol. The molecule has 2 atom stereocenters. The van der Waals surface area contributed by atoms with Crippen LogP contribution in [0.1, 0.15) is 79.7 Å². The first-order valence-corrected chi connectivity index (χ1v) is 10.2. The van der Waals surface area contributed by atoms with Gasteiger partial charge in [-0.1, -0.05) is 60.6 Å². The Morgan fingerprint density at radius 2 is 1.36 bits per heavy atom. The van der Waals surface area contributed by atoms with Gasteiger partial charge in [0.2, 0.25) is 0 Å². The predicted octanol–water partition coefficient (Wildman–Crippen LogP) is 6.90. The van der Waals surface area contributed by atoms with Crippen molar-refractivity contribution in [2.75, 3.05) is 6.61 Å². The lowest BCUT2D eigenvalue weighted by Crippen LogP contribution is -2.28. The molecule has 25 heavy (non-hydrogen) atoms. The summed E-state index contributed by atoms with van der Waals surface area (Å²) in [7, 11) is 0. The molecule has 0 fully saturated rings. The lowest BCUT2D eigenvalue weighted by atomic mass is 9.83. The Hall–Kier alpha value is -1.02. The first-order valence-electron chi connectivity index (χ1n) is 10.2. The minimum atomic E-state index is -0.169. The summed E-state index contributed by atoms with van der Waals surface area (Å²) in [6, 6.07) is 8.64. The highest BCUT2D eigenvalue weighted by Crippen LogP contribution is 2.30. The molecule has 1 aromatic carbocycles. The van der Waals surface area contributed by atoms with E-state index in [0.29, 0.717) is 36.2 Å². The molecule has 0 aliphatic rings. The fourth-order valence-electron chi connectivity index (χ4n) is 3.91. The Morgan fingerprint density at radius 1 is 0.800 bits per heavy atom. The number of ether oxygens (including phenoxy) is 2. The summed E-state index contributed by atoms with van der Waals surface area (Å²) in [6.45, 7) is 18.7. The zero-order valence-corrected chi connectivity index (χ0v) is 17.7. The minimum absolute atomic E-state index is 0.169. The molecule has 0 aliphatic carbocycles. The van der Waals surface area contributed by atoms with E-state index < -0.39 is 0 Å². The van der Waals surface area contributed by atoms with Gasteiger partial charge in [-0.05, 0) is 60.6 Å². The molecule has 0 saturated carbocycles. The molecule has 0 heterocycles. The highest BCUT2D eigenvalue weighted by Gasteiger charge is 2.24. The molecule has 1 aromatic rings. The molecule has 0 aliphatic heterocycles. The van der Waals surface area contributed by atoms with Crippen molar-refractivity contribution in [2.24, 2.45) is 23.7 Å². The van der Waals surface area contributed by atoms with Gasteiger partial charge >= 0.3 is 0 Å². The molecule has 1 rings (SSSR count). The third-order valence-electron chi connectivity index (χ3n) is 5.35. The predicted molar refractivity (Wildman–Crippen MR) is 108 cm³/mol. The molecule has 0 saturated heterocycles. The zero-order valence-electron chi connectivity index (χ0n) is 17.7. The van der Waals surface area contributed by atoms with Crippen LogP contribution in [0.5, 0.6) is 5.75 Å². The van der Waals surface area contributed by atoms with E-state index in [4.69, 9.17) is 9.47 Å². The van der Waals surface area contributed by atoms with E-state index in [2.05, 4.69) is 72.7 Å². The second-order valence-electron chi connectivity index (χ2n) is 8.22. The standard InChI is InChI=1S/C23H40O2/c1-9-21(16(3)4)19-11-13-20(14-12-19)25-23(24-10-2)15-22(17(5)6)18(7)8/h11-14,16-18,21-23H,9-10,15H2,1-8H3. The average Bonchev–Trinajstić information content (AvgIpc) is 2.54. The summed E-state index contributed by atoms with van der Waals surface area (Å²) < 4.78 is 12.1. The van der Waals surface area contributed by atoms with E-state index >= 15 is 0 Å². The van der Waals surface area contributed by atoms with Crippen LogP contribution in [-0.4, -0.2) is 12.9 Å². The average molecular weight is 349 g/mol. The van der Waals surface area contributed by atoms with Crippen molar-refractivity contribution in [3.63, 3.8) is 0 Å². The van der Waals surface area contributed by atoms with Crippen LogP contribution in [0.4, 0.5) is 0 Å². The van der Waals surface area contributed by atoms with Crippen LogP contribution in [0.25, 0.3) is 0 Å². The van der Waals surface area contributed by atoms with Crippen molar-refractivity contribution < 1.29 is 9.47 Å². The van der Waals surface area contributed by atoms with Gasteiger partial charge in [-0.2, -0.15) is 0 Å². The van der Waals surface area contributed by atoms with Crippen molar-refractivity contribution in [1.29, 1.82) is 0 Å². The molecule has 2 unspecified atom stereocenters. The summed E-state index contributed by atoms with van der Waals surface area (Å²) in [5.74, 6) is 4.04. The quantitative estimate of drug-likeness (QED) is 0.405. The van der Waals surface area contributed by atoms with E-state index in [1.165, 1.54) is 12.0 Å². The van der Waals surface area contributed by atoms with Crippen LogP contribution in [0.2, 0.25) is 0 Å². The van der Waals surface area contributed by atoms with Crippen LogP contribution in [-0.2, 0) is 4.74 Å². The van der Waals surface area contributed by atoms with E-state index in [-0.39, 0.29) is 6.29 Å². The summed E-state index contributed by atoms with van der Waals surface area (Å²) in [4.78, 5) is 0. The maximum Gasteiger partial charge on any atom is 0.200 e. The first-order chi connectivity index (χ1) is 11.8. The second-order valence-corrected chi connectivity index (χ2v) is 8.22. The first kappa shape index (κ1) is 22.0. The normalized spacial score (nSPS) is 14.6. The van der Waals surface area contributed by atoms with Gasteiger partial charge in [-0.15, -0.1) is 0 Å². The number of benzene rings is 1. The molecule has 2 heteroatoms. The van der Waals surface area contributed by atoms with Gasteiger partial charge in [0.15, 0.2) is 6.29 Å². The SMILES string of the molecule is CCOC(CC(C(C)C)C(C)C)Oc1ccc(C(CC)C(C)C)cc1. The second kappa shape index (κ2) is 10.9. The van der Waals surface area contributed by atoms with Crippen molar-refractivity contribution >= 4 is 0 Å². The van der Waals surface area contributed by atoms with Gasteiger partial charge in [0.05, 0.1) is 0 Å². The molecular formula is C23H40O2. The van der Waals surface area contributed by atoms with Crippen LogP contribution in [0.3, 0.4) is 0 Å². The molecule has 0 radical (unpaired) electrons. The fourth-order valence-corrected chi connectivity index (χ4v) is 3.91. The van der Waals surface area contributed by atoms with Crippen LogP contribution >= 0.6 is 0 Å².